The van der Waals surface area contributed by atoms with Gasteiger partial charge in [0.25, 0.3) is 11.5 Å². The molecule has 0 aliphatic heterocycles. The lowest BCUT2D eigenvalue weighted by atomic mass is 10.2. The Balaban J connectivity index is 1.76. The predicted octanol–water partition coefficient (Wildman–Crippen LogP) is 2.08. The molecule has 0 aromatic carbocycles. The van der Waals surface area contributed by atoms with Crippen LogP contribution < -0.4 is 16.6 Å². The predicted molar refractivity (Wildman–Crippen MR) is 118 cm³/mol. The first-order chi connectivity index (χ1) is 14.6. The summed E-state index contributed by atoms with van der Waals surface area (Å²) < 4.78 is 6.34. The average Bonchev–Trinajstić information content (AvgIpc) is 3.22. The van der Waals surface area contributed by atoms with E-state index in [1.807, 2.05) is 13.8 Å². The number of esters is 1. The van der Waals surface area contributed by atoms with Crippen LogP contribution in [-0.2, 0) is 16.1 Å². The molecule has 0 atom stereocenters. The summed E-state index contributed by atoms with van der Waals surface area (Å²) in [4.78, 5) is 58.2. The fourth-order valence-electron chi connectivity index (χ4n) is 2.77. The second-order valence-corrected chi connectivity index (χ2v) is 9.25. The molecule has 3 aromatic rings. The number of carbonyl (C=O) groups excluding carboxylic acids is 3. The first-order valence-electron chi connectivity index (χ1n) is 9.31. The van der Waals surface area contributed by atoms with Gasteiger partial charge in [-0.15, -0.1) is 11.3 Å². The number of nitrogens with zero attached hydrogens (tertiary/aromatic N) is 3. The normalized spacial score (nSPS) is 11.1. The van der Waals surface area contributed by atoms with E-state index in [9.17, 15) is 19.2 Å². The molecule has 0 saturated heterocycles. The standard InChI is InChI=1S/C19H21N5O5S2/c1-8(2)6-29-18(28)14-10(4)22-19(31-14)23-11(25)5-24-7-21-16-12(17(24)27)9(3)13(30-16)15(20)26/h7-8H,5-6H2,1-4H3,(H2,20,26)(H,22,23,25). The molecule has 3 aromatic heterocycles. The van der Waals surface area contributed by atoms with Crippen LogP contribution in [0.25, 0.3) is 10.2 Å². The molecule has 0 aliphatic rings. The summed E-state index contributed by atoms with van der Waals surface area (Å²) in [6.45, 7) is 7.10. The molecule has 0 spiro atoms. The number of thiophene rings is 1. The van der Waals surface area contributed by atoms with Crippen LogP contribution in [0.5, 0.6) is 0 Å². The lowest BCUT2D eigenvalue weighted by Crippen LogP contribution is -2.28. The zero-order valence-electron chi connectivity index (χ0n) is 17.3. The van der Waals surface area contributed by atoms with Crippen molar-refractivity contribution in [1.29, 1.82) is 0 Å². The van der Waals surface area contributed by atoms with Crippen molar-refractivity contribution in [2.24, 2.45) is 11.7 Å². The van der Waals surface area contributed by atoms with Gasteiger partial charge in [-0.2, -0.15) is 0 Å². The highest BCUT2D eigenvalue weighted by molar-refractivity contribution is 7.20. The molecule has 0 bridgehead atoms. The van der Waals surface area contributed by atoms with Gasteiger partial charge in [0.15, 0.2) is 5.13 Å². The van der Waals surface area contributed by atoms with Crippen molar-refractivity contribution in [2.75, 3.05) is 11.9 Å². The van der Waals surface area contributed by atoms with Gasteiger partial charge in [0, 0.05) is 0 Å². The Bertz CT molecular complexity index is 1240. The molecule has 10 nitrogen and oxygen atoms in total. The van der Waals surface area contributed by atoms with E-state index in [1.165, 1.54) is 6.33 Å². The Morgan fingerprint density at radius 2 is 1.94 bits per heavy atom. The SMILES string of the molecule is Cc1nc(NC(=O)Cn2cnc3sc(C(N)=O)c(C)c3c2=O)sc1C(=O)OCC(C)C. The molecular formula is C19H21N5O5S2. The van der Waals surface area contributed by atoms with Crippen LogP contribution >= 0.6 is 22.7 Å². The first kappa shape index (κ1) is 22.6. The quantitative estimate of drug-likeness (QED) is 0.510. The Kier molecular flexibility index (Phi) is 6.51. The number of hydrogen-bond donors (Lipinski definition) is 2. The molecule has 0 aliphatic carbocycles. The number of amides is 2. The van der Waals surface area contributed by atoms with Gasteiger partial charge >= 0.3 is 5.97 Å². The third-order valence-corrected chi connectivity index (χ3v) is 6.50. The van der Waals surface area contributed by atoms with Crippen LogP contribution in [0.15, 0.2) is 11.1 Å². The van der Waals surface area contributed by atoms with E-state index in [0.29, 0.717) is 21.0 Å². The van der Waals surface area contributed by atoms with Gasteiger partial charge in [0.05, 0.1) is 28.9 Å². The highest BCUT2D eigenvalue weighted by atomic mass is 32.1. The molecule has 3 heterocycles. The van der Waals surface area contributed by atoms with Crippen LogP contribution in [0.2, 0.25) is 0 Å². The number of nitrogens with two attached hydrogens (primary N) is 1. The number of fused-ring (bicyclic) bond motifs is 1. The average molecular weight is 464 g/mol. The number of nitrogens with one attached hydrogen (secondary N) is 1. The van der Waals surface area contributed by atoms with Gasteiger partial charge in [-0.3, -0.25) is 19.0 Å². The Morgan fingerprint density at radius 3 is 2.58 bits per heavy atom. The van der Waals surface area contributed by atoms with Gasteiger partial charge < -0.3 is 15.8 Å². The number of aryl methyl sites for hydroxylation is 2. The van der Waals surface area contributed by atoms with Gasteiger partial charge in [0.2, 0.25) is 5.91 Å². The minimum Gasteiger partial charge on any atom is -0.461 e. The van der Waals surface area contributed by atoms with Crippen molar-refractivity contribution in [3.8, 4) is 0 Å². The maximum Gasteiger partial charge on any atom is 0.350 e. The van der Waals surface area contributed by atoms with Crippen molar-refractivity contribution in [2.45, 2.75) is 34.2 Å². The molecule has 3 N–H and O–H groups in total. The summed E-state index contributed by atoms with van der Waals surface area (Å²) in [5, 5.41) is 3.07. The van der Waals surface area contributed by atoms with E-state index in [-0.39, 0.29) is 34.5 Å². The van der Waals surface area contributed by atoms with Crippen LogP contribution in [0.4, 0.5) is 5.13 Å². The number of primary amides is 1. The molecular weight excluding hydrogens is 442 g/mol. The Hall–Kier alpha value is -3.12. The second-order valence-electron chi connectivity index (χ2n) is 7.25. The minimum atomic E-state index is -0.633. The van der Waals surface area contributed by atoms with E-state index >= 15 is 0 Å². The van der Waals surface area contributed by atoms with Gasteiger partial charge in [-0.05, 0) is 25.3 Å². The molecule has 3 rings (SSSR count). The molecule has 0 fully saturated rings. The van der Waals surface area contributed by atoms with E-state index < -0.39 is 23.3 Å². The zero-order chi connectivity index (χ0) is 22.9. The van der Waals surface area contributed by atoms with Gasteiger partial charge in [-0.25, -0.2) is 14.8 Å². The van der Waals surface area contributed by atoms with Crippen molar-refractivity contribution in [3.63, 3.8) is 0 Å². The number of carbonyl (C=O) groups is 3. The van der Waals surface area contributed by atoms with Gasteiger partial charge in [-0.1, -0.05) is 25.2 Å². The largest absolute Gasteiger partial charge is 0.461 e. The van der Waals surface area contributed by atoms with Crippen molar-refractivity contribution >= 4 is 55.8 Å². The zero-order valence-corrected chi connectivity index (χ0v) is 19.0. The lowest BCUT2D eigenvalue weighted by molar-refractivity contribution is -0.116. The third kappa shape index (κ3) is 4.80. The van der Waals surface area contributed by atoms with Crippen LogP contribution in [-0.4, -0.2) is 38.9 Å². The molecule has 0 unspecified atom stereocenters. The van der Waals surface area contributed by atoms with E-state index in [0.717, 1.165) is 27.2 Å². The first-order valence-corrected chi connectivity index (χ1v) is 10.9. The summed E-state index contributed by atoms with van der Waals surface area (Å²) >= 11 is 2.04. The Labute approximate surface area is 185 Å². The lowest BCUT2D eigenvalue weighted by Gasteiger charge is -2.06. The number of hydrogen-bond acceptors (Lipinski definition) is 9. The second kappa shape index (κ2) is 8.94. The van der Waals surface area contributed by atoms with E-state index in [1.54, 1.807) is 13.8 Å². The summed E-state index contributed by atoms with van der Waals surface area (Å²) in [5.41, 5.74) is 5.78. The minimum absolute atomic E-state index is 0.200. The maximum absolute atomic E-state index is 12.8. The summed E-state index contributed by atoms with van der Waals surface area (Å²) in [6.07, 6.45) is 1.24. The van der Waals surface area contributed by atoms with E-state index in [2.05, 4.69) is 15.3 Å². The van der Waals surface area contributed by atoms with Crippen molar-refractivity contribution < 1.29 is 19.1 Å². The van der Waals surface area contributed by atoms with Crippen LogP contribution in [0, 0.1) is 19.8 Å². The Morgan fingerprint density at radius 1 is 1.23 bits per heavy atom. The highest BCUT2D eigenvalue weighted by Crippen LogP contribution is 2.26. The highest BCUT2D eigenvalue weighted by Gasteiger charge is 2.20. The van der Waals surface area contributed by atoms with Crippen molar-refractivity contribution in [3.05, 3.63) is 37.7 Å². The summed E-state index contributed by atoms with van der Waals surface area (Å²) in [5.74, 6) is -1.44. The summed E-state index contributed by atoms with van der Waals surface area (Å²) in [6, 6.07) is 0. The molecule has 164 valence electrons. The van der Waals surface area contributed by atoms with Crippen molar-refractivity contribution in [1.82, 2.24) is 14.5 Å². The fourth-order valence-corrected chi connectivity index (χ4v) is 4.64. The smallest absolute Gasteiger partial charge is 0.350 e. The third-order valence-electron chi connectivity index (χ3n) is 4.23. The fraction of sp³-hybridized carbons (Fsp3) is 0.368. The molecule has 0 radical (unpaired) electrons. The number of ether oxygens (including phenoxy) is 1. The number of aromatic nitrogens is 3. The molecule has 2 amide bonds. The number of rotatable bonds is 7. The molecule has 12 heteroatoms. The molecule has 31 heavy (non-hydrogen) atoms. The topological polar surface area (TPSA) is 146 Å². The van der Waals surface area contributed by atoms with Gasteiger partial charge in [0.1, 0.15) is 16.3 Å². The van der Waals surface area contributed by atoms with E-state index in [4.69, 9.17) is 10.5 Å². The molecule has 0 saturated carbocycles. The number of thiazole rings is 1. The maximum atomic E-state index is 12.8. The number of anilines is 1. The van der Waals surface area contributed by atoms with Crippen LogP contribution in [0.3, 0.4) is 0 Å². The summed E-state index contributed by atoms with van der Waals surface area (Å²) in [7, 11) is 0. The van der Waals surface area contributed by atoms with Crippen LogP contribution in [0.1, 0.15) is 44.4 Å². The monoisotopic (exact) mass is 463 g/mol.